The molecule has 0 radical (unpaired) electrons. The number of ether oxygens (including phenoxy) is 2. The van der Waals surface area contributed by atoms with E-state index in [1.807, 2.05) is 0 Å². The highest BCUT2D eigenvalue weighted by Gasteiger charge is 2.32. The van der Waals surface area contributed by atoms with Gasteiger partial charge in [-0.2, -0.15) is 0 Å². The van der Waals surface area contributed by atoms with E-state index in [9.17, 15) is 9.59 Å². The van der Waals surface area contributed by atoms with Gasteiger partial charge in [-0.1, -0.05) is 22.0 Å². The van der Waals surface area contributed by atoms with Gasteiger partial charge in [-0.3, -0.25) is 9.69 Å². The maximum Gasteiger partial charge on any atom is 0.329 e. The fourth-order valence-electron chi connectivity index (χ4n) is 2.09. The van der Waals surface area contributed by atoms with Gasteiger partial charge in [0.25, 0.3) is 5.91 Å². The summed E-state index contributed by atoms with van der Waals surface area (Å²) in [5.41, 5.74) is 0.781. The quantitative estimate of drug-likeness (QED) is 0.494. The van der Waals surface area contributed by atoms with Crippen molar-refractivity contribution in [2.24, 2.45) is 0 Å². The van der Waals surface area contributed by atoms with Crippen LogP contribution < -0.4 is 14.8 Å². The molecule has 2 rings (SSSR count). The third-order valence-corrected chi connectivity index (χ3v) is 3.50. The molecule has 1 aliphatic rings. The van der Waals surface area contributed by atoms with Gasteiger partial charge >= 0.3 is 6.03 Å². The summed E-state index contributed by atoms with van der Waals surface area (Å²) in [6.45, 7) is 3.68. The summed E-state index contributed by atoms with van der Waals surface area (Å²) in [7, 11) is 3.03. The number of carbonyl (C=O) groups excluding carboxylic acids is 2. The average Bonchev–Trinajstić information content (AvgIpc) is 2.74. The Labute approximate surface area is 136 Å². The van der Waals surface area contributed by atoms with Gasteiger partial charge in [-0.05, 0) is 18.2 Å². The van der Waals surface area contributed by atoms with Gasteiger partial charge in [0.15, 0.2) is 11.5 Å². The molecule has 116 valence electrons. The lowest BCUT2D eigenvalue weighted by Gasteiger charge is -2.11. The molecule has 0 bridgehead atoms. The van der Waals surface area contributed by atoms with Gasteiger partial charge in [0.1, 0.15) is 5.70 Å². The smallest absolute Gasteiger partial charge is 0.329 e. The van der Waals surface area contributed by atoms with Crippen LogP contribution in [-0.2, 0) is 4.79 Å². The summed E-state index contributed by atoms with van der Waals surface area (Å²) >= 11 is 3.37. The van der Waals surface area contributed by atoms with Crippen LogP contribution >= 0.6 is 15.9 Å². The fourth-order valence-corrected chi connectivity index (χ4v) is 2.54. The van der Waals surface area contributed by atoms with Crippen molar-refractivity contribution in [1.82, 2.24) is 10.2 Å². The Hall–Kier alpha value is -2.28. The molecule has 0 atom stereocenters. The molecule has 1 fully saturated rings. The summed E-state index contributed by atoms with van der Waals surface area (Å²) < 4.78 is 11.3. The van der Waals surface area contributed by atoms with E-state index < -0.39 is 11.9 Å². The molecule has 0 unspecified atom stereocenters. The number of hydrogen-bond donors (Lipinski definition) is 1. The van der Waals surface area contributed by atoms with Gasteiger partial charge in [0.05, 0.1) is 14.2 Å². The van der Waals surface area contributed by atoms with Crippen molar-refractivity contribution >= 4 is 33.9 Å². The molecule has 1 saturated heterocycles. The van der Waals surface area contributed by atoms with E-state index in [1.165, 1.54) is 20.3 Å². The fraction of sp³-hybridized carbons (Fsp3) is 0.200. The highest BCUT2D eigenvalue weighted by atomic mass is 79.9. The Morgan fingerprint density at radius 3 is 2.64 bits per heavy atom. The van der Waals surface area contributed by atoms with E-state index in [4.69, 9.17) is 9.47 Å². The highest BCUT2D eigenvalue weighted by Crippen LogP contribution is 2.36. The number of nitrogens with zero attached hydrogens (tertiary/aromatic N) is 1. The third-order valence-electron chi connectivity index (χ3n) is 3.05. The Morgan fingerprint density at radius 2 is 2.05 bits per heavy atom. The first-order chi connectivity index (χ1) is 10.5. The predicted octanol–water partition coefficient (Wildman–Crippen LogP) is 2.55. The van der Waals surface area contributed by atoms with E-state index in [0.717, 1.165) is 9.37 Å². The van der Waals surface area contributed by atoms with Gasteiger partial charge < -0.3 is 14.8 Å². The lowest BCUT2D eigenvalue weighted by molar-refractivity contribution is -0.122. The van der Waals surface area contributed by atoms with Crippen LogP contribution in [0.5, 0.6) is 11.5 Å². The van der Waals surface area contributed by atoms with E-state index in [1.54, 1.807) is 18.2 Å². The van der Waals surface area contributed by atoms with Crippen LogP contribution in [0.1, 0.15) is 5.56 Å². The molecule has 0 saturated carbocycles. The maximum atomic E-state index is 12.2. The molecule has 0 spiro atoms. The van der Waals surface area contributed by atoms with Crippen molar-refractivity contribution in [3.8, 4) is 11.5 Å². The summed E-state index contributed by atoms with van der Waals surface area (Å²) in [6, 6.07) is 3.04. The lowest BCUT2D eigenvalue weighted by atomic mass is 10.1. The molecule has 0 aromatic heterocycles. The van der Waals surface area contributed by atoms with Crippen molar-refractivity contribution in [2.45, 2.75) is 0 Å². The molecule has 0 aliphatic carbocycles. The second kappa shape index (κ2) is 6.65. The molecule has 1 aromatic carbocycles. The second-order valence-corrected chi connectivity index (χ2v) is 5.34. The monoisotopic (exact) mass is 366 g/mol. The molecule has 3 amide bonds. The van der Waals surface area contributed by atoms with Crippen LogP contribution in [0.25, 0.3) is 6.08 Å². The Kier molecular flexibility index (Phi) is 4.87. The SMILES string of the molecule is C=CCN1C(=O)N/C(=C/c2cc(Br)cc(OC)c2OC)C1=O. The number of methoxy groups -OCH3 is 2. The first-order valence-corrected chi connectivity index (χ1v) is 7.18. The normalized spacial score (nSPS) is 16.0. The van der Waals surface area contributed by atoms with E-state index in [0.29, 0.717) is 17.1 Å². The molecular weight excluding hydrogens is 352 g/mol. The summed E-state index contributed by atoms with van der Waals surface area (Å²) in [5, 5.41) is 2.53. The molecule has 1 heterocycles. The van der Waals surface area contributed by atoms with E-state index in [-0.39, 0.29) is 12.2 Å². The number of rotatable bonds is 5. The predicted molar refractivity (Wildman–Crippen MR) is 85.7 cm³/mol. The van der Waals surface area contributed by atoms with Crippen molar-refractivity contribution in [2.75, 3.05) is 20.8 Å². The molecule has 22 heavy (non-hydrogen) atoms. The third kappa shape index (κ3) is 2.99. The minimum absolute atomic E-state index is 0.154. The van der Waals surface area contributed by atoms with Gasteiger partial charge in [-0.25, -0.2) is 4.79 Å². The van der Waals surface area contributed by atoms with Gasteiger partial charge in [0.2, 0.25) is 0 Å². The summed E-state index contributed by atoms with van der Waals surface area (Å²) in [4.78, 5) is 25.0. The molecule has 1 N–H and O–H groups in total. The molecular formula is C15H15BrN2O4. The zero-order valence-electron chi connectivity index (χ0n) is 12.2. The number of halogens is 1. The van der Waals surface area contributed by atoms with Crippen LogP contribution in [0.2, 0.25) is 0 Å². The Balaban J connectivity index is 2.45. The second-order valence-electron chi connectivity index (χ2n) is 4.42. The largest absolute Gasteiger partial charge is 0.493 e. The Bertz CT molecular complexity index is 670. The van der Waals surface area contributed by atoms with E-state index in [2.05, 4.69) is 27.8 Å². The van der Waals surface area contributed by atoms with E-state index >= 15 is 0 Å². The summed E-state index contributed by atoms with van der Waals surface area (Å²) in [6.07, 6.45) is 3.04. The van der Waals surface area contributed by atoms with Crippen LogP contribution in [0.3, 0.4) is 0 Å². The van der Waals surface area contributed by atoms with Crippen LogP contribution in [0.15, 0.2) is 35.0 Å². The van der Waals surface area contributed by atoms with Crippen LogP contribution in [0.4, 0.5) is 4.79 Å². The minimum Gasteiger partial charge on any atom is -0.493 e. The topological polar surface area (TPSA) is 67.9 Å². The Morgan fingerprint density at radius 1 is 1.32 bits per heavy atom. The van der Waals surface area contributed by atoms with Crippen LogP contribution in [0, 0.1) is 0 Å². The standard InChI is InChI=1S/C15H15BrN2O4/c1-4-5-18-14(19)11(17-15(18)20)7-9-6-10(16)8-12(21-2)13(9)22-3/h4,6-8H,1,5H2,2-3H3,(H,17,20)/b11-7+. The molecule has 1 aromatic rings. The maximum absolute atomic E-state index is 12.2. The first kappa shape index (κ1) is 16.1. The zero-order valence-corrected chi connectivity index (χ0v) is 13.8. The lowest BCUT2D eigenvalue weighted by Crippen LogP contribution is -2.30. The van der Waals surface area contributed by atoms with Crippen molar-refractivity contribution in [3.63, 3.8) is 0 Å². The first-order valence-electron chi connectivity index (χ1n) is 6.38. The molecule has 1 aliphatic heterocycles. The number of amides is 3. The van der Waals surface area contributed by atoms with Crippen LogP contribution in [-0.4, -0.2) is 37.6 Å². The highest BCUT2D eigenvalue weighted by molar-refractivity contribution is 9.10. The molecule has 7 heteroatoms. The average molecular weight is 367 g/mol. The number of carbonyl (C=O) groups is 2. The van der Waals surface area contributed by atoms with Crippen molar-refractivity contribution in [3.05, 3.63) is 40.5 Å². The zero-order chi connectivity index (χ0) is 16.3. The number of urea groups is 1. The number of nitrogens with one attached hydrogen (secondary N) is 1. The number of benzene rings is 1. The number of hydrogen-bond acceptors (Lipinski definition) is 4. The van der Waals surface area contributed by atoms with Gasteiger partial charge in [-0.15, -0.1) is 6.58 Å². The summed E-state index contributed by atoms with van der Waals surface area (Å²) in [5.74, 6) is 0.580. The van der Waals surface area contributed by atoms with Gasteiger partial charge in [0, 0.05) is 16.6 Å². The van der Waals surface area contributed by atoms with Crippen molar-refractivity contribution < 1.29 is 19.1 Å². The minimum atomic E-state index is -0.475. The molecule has 6 nitrogen and oxygen atoms in total. The number of imide groups is 1. The van der Waals surface area contributed by atoms with Crippen molar-refractivity contribution in [1.29, 1.82) is 0 Å².